The van der Waals surface area contributed by atoms with E-state index in [4.69, 9.17) is 9.47 Å². The van der Waals surface area contributed by atoms with Crippen LogP contribution >= 0.6 is 0 Å². The summed E-state index contributed by atoms with van der Waals surface area (Å²) in [6.07, 6.45) is 17.4. The molecule has 0 atom stereocenters. The third-order valence-corrected chi connectivity index (χ3v) is 3.95. The Morgan fingerprint density at radius 1 is 0.720 bits per heavy atom. The van der Waals surface area contributed by atoms with Gasteiger partial charge in [-0.15, -0.1) is 0 Å². The third-order valence-electron chi connectivity index (χ3n) is 3.95. The van der Waals surface area contributed by atoms with Crippen molar-refractivity contribution in [1.82, 2.24) is 0 Å². The smallest absolute Gasteiger partial charge is 0.331 e. The number of unbranched alkanes of at least 4 members (excludes halogenated alkanes) is 11. The molecule has 0 rings (SSSR count). The molecule has 0 aliphatic carbocycles. The highest BCUT2D eigenvalue weighted by atomic mass is 16.5. The summed E-state index contributed by atoms with van der Waals surface area (Å²) in [5, 5.41) is 0. The van der Waals surface area contributed by atoms with Crippen molar-refractivity contribution in [3.63, 3.8) is 0 Å². The van der Waals surface area contributed by atoms with E-state index >= 15 is 0 Å². The second kappa shape index (κ2) is 17.5. The minimum atomic E-state index is -0.516. The summed E-state index contributed by atoms with van der Waals surface area (Å²) in [6, 6.07) is 0. The quantitative estimate of drug-likeness (QED) is 0.201. The Kier molecular flexibility index (Phi) is 16.6. The van der Waals surface area contributed by atoms with Crippen molar-refractivity contribution in [3.8, 4) is 0 Å². The molecule has 0 radical (unpaired) electrons. The molecule has 0 aromatic heterocycles. The van der Waals surface area contributed by atoms with Crippen LogP contribution in [0.15, 0.2) is 12.2 Å². The van der Waals surface area contributed by atoms with Crippen LogP contribution in [-0.2, 0) is 19.1 Å². The Bertz CT molecular complexity index is 361. The minimum absolute atomic E-state index is 0.186. The first-order valence-corrected chi connectivity index (χ1v) is 10.1. The Labute approximate surface area is 154 Å². The van der Waals surface area contributed by atoms with Crippen molar-refractivity contribution in [1.29, 1.82) is 0 Å². The van der Waals surface area contributed by atoms with Gasteiger partial charge in [0.1, 0.15) is 0 Å². The Hall–Kier alpha value is -1.32. The summed E-state index contributed by atoms with van der Waals surface area (Å²) in [5.74, 6) is -0.999. The second-order valence-corrected chi connectivity index (χ2v) is 6.88. The number of esters is 2. The van der Waals surface area contributed by atoms with Crippen molar-refractivity contribution >= 4 is 11.9 Å². The average molecular weight is 355 g/mol. The lowest BCUT2D eigenvalue weighted by Gasteiger charge is -2.04. The number of hydrogen-bond donors (Lipinski definition) is 0. The van der Waals surface area contributed by atoms with Gasteiger partial charge in [0.05, 0.1) is 12.7 Å². The van der Waals surface area contributed by atoms with Crippen LogP contribution in [0, 0.1) is 0 Å². The topological polar surface area (TPSA) is 52.6 Å². The number of rotatable bonds is 16. The molecular weight excluding hydrogens is 316 g/mol. The van der Waals surface area contributed by atoms with Crippen LogP contribution < -0.4 is 0 Å². The van der Waals surface area contributed by atoms with Crippen molar-refractivity contribution in [2.75, 3.05) is 6.61 Å². The van der Waals surface area contributed by atoms with E-state index in [1.165, 1.54) is 64.2 Å². The first-order valence-electron chi connectivity index (χ1n) is 10.1. The molecule has 4 heteroatoms. The van der Waals surface area contributed by atoms with Crippen molar-refractivity contribution in [2.24, 2.45) is 0 Å². The standard InChI is InChI=1S/C21H38O4/c1-4-5-6-7-8-9-10-11-12-13-14-15-18-24-20(22)16-17-21(23)25-19(2)3/h16-17,19H,4-15,18H2,1-3H3/b17-16-. The zero-order valence-electron chi connectivity index (χ0n) is 16.6. The molecule has 0 heterocycles. The van der Waals surface area contributed by atoms with Gasteiger partial charge in [0.15, 0.2) is 0 Å². The van der Waals surface area contributed by atoms with E-state index < -0.39 is 11.9 Å². The molecule has 0 aromatic carbocycles. The number of carbonyl (C=O) groups is 2. The van der Waals surface area contributed by atoms with Gasteiger partial charge in [-0.3, -0.25) is 0 Å². The maximum Gasteiger partial charge on any atom is 0.331 e. The van der Waals surface area contributed by atoms with Gasteiger partial charge in [0.25, 0.3) is 0 Å². The van der Waals surface area contributed by atoms with Crippen LogP contribution in [0.3, 0.4) is 0 Å². The van der Waals surface area contributed by atoms with E-state index in [0.29, 0.717) is 6.61 Å². The molecule has 4 nitrogen and oxygen atoms in total. The molecule has 0 spiro atoms. The molecule has 0 fully saturated rings. The SMILES string of the molecule is CCCCCCCCCCCCCCOC(=O)/C=C\C(=O)OC(C)C. The normalized spacial score (nSPS) is 11.2. The lowest BCUT2D eigenvalue weighted by molar-refractivity contribution is -0.142. The lowest BCUT2D eigenvalue weighted by atomic mass is 10.1. The van der Waals surface area contributed by atoms with Gasteiger partial charge in [0, 0.05) is 12.2 Å². The Morgan fingerprint density at radius 3 is 1.64 bits per heavy atom. The molecule has 0 saturated carbocycles. The third kappa shape index (κ3) is 18.9. The first-order chi connectivity index (χ1) is 12.1. The van der Waals surface area contributed by atoms with E-state index in [-0.39, 0.29) is 6.10 Å². The fraction of sp³-hybridized carbons (Fsp3) is 0.810. The van der Waals surface area contributed by atoms with E-state index in [1.54, 1.807) is 13.8 Å². The highest BCUT2D eigenvalue weighted by Crippen LogP contribution is 2.11. The molecule has 146 valence electrons. The van der Waals surface area contributed by atoms with E-state index in [2.05, 4.69) is 6.92 Å². The Balaban J connectivity index is 3.34. The largest absolute Gasteiger partial charge is 0.463 e. The molecule has 0 N–H and O–H groups in total. The van der Waals surface area contributed by atoms with Crippen LogP contribution in [0.25, 0.3) is 0 Å². The molecule has 0 aromatic rings. The van der Waals surface area contributed by atoms with Crippen LogP contribution in [0.5, 0.6) is 0 Å². The zero-order valence-corrected chi connectivity index (χ0v) is 16.6. The molecule has 0 aliphatic heterocycles. The molecule has 0 unspecified atom stereocenters. The van der Waals surface area contributed by atoms with Crippen LogP contribution in [0.2, 0.25) is 0 Å². The maximum atomic E-state index is 11.4. The van der Waals surface area contributed by atoms with E-state index in [1.807, 2.05) is 0 Å². The van der Waals surface area contributed by atoms with Gasteiger partial charge < -0.3 is 9.47 Å². The van der Waals surface area contributed by atoms with Crippen LogP contribution in [-0.4, -0.2) is 24.6 Å². The number of ether oxygens (including phenoxy) is 2. The monoisotopic (exact) mass is 354 g/mol. The second-order valence-electron chi connectivity index (χ2n) is 6.88. The maximum absolute atomic E-state index is 11.4. The molecule has 0 amide bonds. The van der Waals surface area contributed by atoms with Crippen molar-refractivity contribution < 1.29 is 19.1 Å². The number of carbonyl (C=O) groups excluding carboxylic acids is 2. The predicted molar refractivity (Wildman–Crippen MR) is 102 cm³/mol. The van der Waals surface area contributed by atoms with Crippen LogP contribution in [0.1, 0.15) is 97.8 Å². The summed E-state index contributed by atoms with van der Waals surface area (Å²) < 4.78 is 9.94. The van der Waals surface area contributed by atoms with E-state index in [9.17, 15) is 9.59 Å². The summed E-state index contributed by atoms with van der Waals surface area (Å²) >= 11 is 0. The van der Waals surface area contributed by atoms with Crippen molar-refractivity contribution in [3.05, 3.63) is 12.2 Å². The predicted octanol–water partition coefficient (Wildman–Crippen LogP) is 5.74. The molecular formula is C21H38O4. The van der Waals surface area contributed by atoms with Gasteiger partial charge in [-0.05, 0) is 20.3 Å². The van der Waals surface area contributed by atoms with Gasteiger partial charge >= 0.3 is 11.9 Å². The van der Waals surface area contributed by atoms with Gasteiger partial charge in [0.2, 0.25) is 0 Å². The van der Waals surface area contributed by atoms with Crippen LogP contribution in [0.4, 0.5) is 0 Å². The molecule has 0 aliphatic rings. The number of hydrogen-bond acceptors (Lipinski definition) is 4. The Morgan fingerprint density at radius 2 is 1.16 bits per heavy atom. The van der Waals surface area contributed by atoms with E-state index in [0.717, 1.165) is 25.0 Å². The fourth-order valence-corrected chi connectivity index (χ4v) is 2.57. The van der Waals surface area contributed by atoms with Gasteiger partial charge in [-0.1, -0.05) is 77.6 Å². The molecule has 0 saturated heterocycles. The summed E-state index contributed by atoms with van der Waals surface area (Å²) in [7, 11) is 0. The van der Waals surface area contributed by atoms with Crippen molar-refractivity contribution in [2.45, 2.75) is 104 Å². The zero-order chi connectivity index (χ0) is 18.8. The molecule has 0 bridgehead atoms. The van der Waals surface area contributed by atoms with Gasteiger partial charge in [-0.25, -0.2) is 9.59 Å². The first kappa shape index (κ1) is 23.7. The fourth-order valence-electron chi connectivity index (χ4n) is 2.57. The average Bonchev–Trinajstić information content (AvgIpc) is 2.56. The minimum Gasteiger partial charge on any atom is -0.463 e. The van der Waals surface area contributed by atoms with Gasteiger partial charge in [-0.2, -0.15) is 0 Å². The molecule has 25 heavy (non-hydrogen) atoms. The summed E-state index contributed by atoms with van der Waals surface area (Å²) in [4.78, 5) is 22.6. The highest BCUT2D eigenvalue weighted by molar-refractivity contribution is 5.91. The summed E-state index contributed by atoms with van der Waals surface area (Å²) in [5.41, 5.74) is 0. The summed E-state index contributed by atoms with van der Waals surface area (Å²) in [6.45, 7) is 6.19. The highest BCUT2D eigenvalue weighted by Gasteiger charge is 2.02. The lowest BCUT2D eigenvalue weighted by Crippen LogP contribution is -2.09.